The zero-order chi connectivity index (χ0) is 17.6. The number of nitrogens with zero attached hydrogens (tertiary/aromatic N) is 2. The molecule has 1 aromatic carbocycles. The maximum absolute atomic E-state index is 12.1. The summed E-state index contributed by atoms with van der Waals surface area (Å²) in [6.07, 6.45) is 6.34. The fourth-order valence-corrected chi connectivity index (χ4v) is 4.04. The van der Waals surface area contributed by atoms with E-state index in [4.69, 9.17) is 11.6 Å². The first kappa shape index (κ1) is 18.0. The summed E-state index contributed by atoms with van der Waals surface area (Å²) in [6, 6.07) is 6.68. The van der Waals surface area contributed by atoms with Gasteiger partial charge in [0.15, 0.2) is 5.78 Å². The van der Waals surface area contributed by atoms with Crippen LogP contribution in [0.4, 0.5) is 5.13 Å². The molecule has 1 saturated carbocycles. The zero-order valence-corrected chi connectivity index (χ0v) is 15.4. The number of aromatic nitrogens is 2. The summed E-state index contributed by atoms with van der Waals surface area (Å²) in [5, 5.41) is 13.1. The number of carbonyl (C=O) groups excluding carboxylic acids is 2. The third kappa shape index (κ3) is 5.09. The van der Waals surface area contributed by atoms with Crippen molar-refractivity contribution >= 4 is 39.8 Å². The molecule has 5 nitrogen and oxygen atoms in total. The fraction of sp³-hybridized carbons (Fsp3) is 0.444. The third-order valence-corrected chi connectivity index (χ3v) is 5.64. The first-order valence-corrected chi connectivity index (χ1v) is 9.73. The number of hydrogen-bond donors (Lipinski definition) is 1. The van der Waals surface area contributed by atoms with E-state index in [1.54, 1.807) is 24.3 Å². The van der Waals surface area contributed by atoms with Gasteiger partial charge >= 0.3 is 0 Å². The molecule has 1 N–H and O–H groups in total. The minimum absolute atomic E-state index is 0.0769. The number of nitrogens with one attached hydrogen (secondary N) is 1. The van der Waals surface area contributed by atoms with Gasteiger partial charge in [0.05, 0.1) is 0 Å². The number of amides is 1. The number of halogens is 1. The summed E-state index contributed by atoms with van der Waals surface area (Å²) in [4.78, 5) is 24.1. The topological polar surface area (TPSA) is 72.0 Å². The number of benzene rings is 1. The lowest BCUT2D eigenvalue weighted by molar-refractivity contribution is -0.116. The summed E-state index contributed by atoms with van der Waals surface area (Å²) in [5.41, 5.74) is 0.563. The molecule has 3 rings (SSSR count). The van der Waals surface area contributed by atoms with Crippen molar-refractivity contribution in [1.82, 2.24) is 10.2 Å². The fourth-order valence-electron chi connectivity index (χ4n) is 2.99. The molecule has 7 heteroatoms. The Kier molecular flexibility index (Phi) is 6.15. The van der Waals surface area contributed by atoms with Gasteiger partial charge in [-0.3, -0.25) is 9.59 Å². The first-order chi connectivity index (χ1) is 12.1. The van der Waals surface area contributed by atoms with E-state index < -0.39 is 0 Å². The van der Waals surface area contributed by atoms with Crippen molar-refractivity contribution in [3.63, 3.8) is 0 Å². The van der Waals surface area contributed by atoms with E-state index in [-0.39, 0.29) is 24.5 Å². The molecule has 0 aliphatic heterocycles. The van der Waals surface area contributed by atoms with Crippen LogP contribution in [0.2, 0.25) is 5.02 Å². The van der Waals surface area contributed by atoms with E-state index >= 15 is 0 Å². The van der Waals surface area contributed by atoms with Crippen LogP contribution in [0.25, 0.3) is 0 Å². The van der Waals surface area contributed by atoms with Crippen LogP contribution in [0, 0.1) is 0 Å². The van der Waals surface area contributed by atoms with Gasteiger partial charge < -0.3 is 5.32 Å². The number of hydrogen-bond acceptors (Lipinski definition) is 5. The third-order valence-electron chi connectivity index (χ3n) is 4.39. The summed E-state index contributed by atoms with van der Waals surface area (Å²) in [7, 11) is 0. The molecule has 0 unspecified atom stereocenters. The van der Waals surface area contributed by atoms with Crippen LogP contribution in [0.3, 0.4) is 0 Å². The average molecular weight is 378 g/mol. The maximum atomic E-state index is 12.1. The van der Waals surface area contributed by atoms with Gasteiger partial charge in [-0.15, -0.1) is 10.2 Å². The Morgan fingerprint density at radius 2 is 1.80 bits per heavy atom. The molecule has 1 amide bonds. The summed E-state index contributed by atoms with van der Waals surface area (Å²) < 4.78 is 0. The number of carbonyl (C=O) groups is 2. The van der Waals surface area contributed by atoms with Gasteiger partial charge in [0, 0.05) is 29.3 Å². The second kappa shape index (κ2) is 8.54. The van der Waals surface area contributed by atoms with Crippen molar-refractivity contribution in [1.29, 1.82) is 0 Å². The molecule has 25 heavy (non-hydrogen) atoms. The van der Waals surface area contributed by atoms with Gasteiger partial charge in [-0.2, -0.15) is 0 Å². The predicted octanol–water partition coefficient (Wildman–Crippen LogP) is 4.84. The van der Waals surface area contributed by atoms with Crippen LogP contribution in [-0.4, -0.2) is 21.9 Å². The van der Waals surface area contributed by atoms with Gasteiger partial charge in [-0.1, -0.05) is 42.2 Å². The average Bonchev–Trinajstić information content (AvgIpc) is 3.09. The standard InChI is InChI=1S/C18H20ClN3O2S/c19-14-8-6-12(7-9-14)15(23)10-11-16(24)20-18-22-21-17(25-18)13-4-2-1-3-5-13/h6-9,13H,1-5,10-11H2,(H,20,22,24). The Labute approximate surface area is 155 Å². The Balaban J connectivity index is 1.48. The lowest BCUT2D eigenvalue weighted by atomic mass is 9.90. The molecule has 1 aliphatic rings. The van der Waals surface area contributed by atoms with Crippen molar-refractivity contribution in [3.8, 4) is 0 Å². The minimum atomic E-state index is -0.214. The molecular formula is C18H20ClN3O2S. The van der Waals surface area contributed by atoms with Crippen molar-refractivity contribution < 1.29 is 9.59 Å². The van der Waals surface area contributed by atoms with E-state index in [0.717, 1.165) is 17.8 Å². The SMILES string of the molecule is O=C(CCC(=O)c1ccc(Cl)cc1)Nc1nnc(C2CCCCC2)s1. The molecule has 132 valence electrons. The quantitative estimate of drug-likeness (QED) is 0.731. The molecule has 0 bridgehead atoms. The highest BCUT2D eigenvalue weighted by Crippen LogP contribution is 2.35. The Hall–Kier alpha value is -1.79. The highest BCUT2D eigenvalue weighted by atomic mass is 35.5. The van der Waals surface area contributed by atoms with Gasteiger partial charge in [0.2, 0.25) is 11.0 Å². The van der Waals surface area contributed by atoms with Crippen LogP contribution >= 0.6 is 22.9 Å². The van der Waals surface area contributed by atoms with E-state index in [0.29, 0.717) is 21.6 Å². The molecule has 0 spiro atoms. The molecule has 1 aliphatic carbocycles. The molecule has 1 aromatic heterocycles. The lowest BCUT2D eigenvalue weighted by Gasteiger charge is -2.18. The van der Waals surface area contributed by atoms with Crippen LogP contribution < -0.4 is 5.32 Å². The molecule has 0 atom stereocenters. The van der Waals surface area contributed by atoms with E-state index in [1.165, 1.54) is 30.6 Å². The smallest absolute Gasteiger partial charge is 0.226 e. The normalized spacial score (nSPS) is 15.1. The van der Waals surface area contributed by atoms with Gasteiger partial charge in [-0.05, 0) is 37.1 Å². The zero-order valence-electron chi connectivity index (χ0n) is 13.8. The largest absolute Gasteiger partial charge is 0.301 e. The van der Waals surface area contributed by atoms with Crippen LogP contribution in [0.15, 0.2) is 24.3 Å². The van der Waals surface area contributed by atoms with Crippen LogP contribution in [0.1, 0.15) is 66.2 Å². The van der Waals surface area contributed by atoms with Gasteiger partial charge in [0.25, 0.3) is 0 Å². The first-order valence-electron chi connectivity index (χ1n) is 8.54. The predicted molar refractivity (Wildman–Crippen MR) is 99.4 cm³/mol. The maximum Gasteiger partial charge on any atom is 0.226 e. The molecule has 0 radical (unpaired) electrons. The van der Waals surface area contributed by atoms with Crippen molar-refractivity contribution in [2.24, 2.45) is 0 Å². The second-order valence-corrected chi connectivity index (χ2v) is 7.70. The second-order valence-electron chi connectivity index (χ2n) is 6.26. The number of Topliss-reactive ketones (excluding diaryl/α,β-unsaturated/α-hetero) is 1. The molecule has 1 fully saturated rings. The summed E-state index contributed by atoms with van der Waals surface area (Å²) >= 11 is 7.25. The molecule has 1 heterocycles. The highest BCUT2D eigenvalue weighted by molar-refractivity contribution is 7.15. The summed E-state index contributed by atoms with van der Waals surface area (Å²) in [6.45, 7) is 0. The lowest BCUT2D eigenvalue weighted by Crippen LogP contribution is -2.13. The minimum Gasteiger partial charge on any atom is -0.301 e. The van der Waals surface area contributed by atoms with Crippen LogP contribution in [-0.2, 0) is 4.79 Å². The Morgan fingerprint density at radius 1 is 1.08 bits per heavy atom. The monoisotopic (exact) mass is 377 g/mol. The van der Waals surface area contributed by atoms with E-state index in [2.05, 4.69) is 15.5 Å². The van der Waals surface area contributed by atoms with Gasteiger partial charge in [0.1, 0.15) is 5.01 Å². The van der Waals surface area contributed by atoms with Crippen molar-refractivity contribution in [2.75, 3.05) is 5.32 Å². The number of rotatable bonds is 6. The van der Waals surface area contributed by atoms with Crippen LogP contribution in [0.5, 0.6) is 0 Å². The van der Waals surface area contributed by atoms with Crippen molar-refractivity contribution in [2.45, 2.75) is 50.9 Å². The van der Waals surface area contributed by atoms with Gasteiger partial charge in [-0.25, -0.2) is 0 Å². The molecule has 0 saturated heterocycles. The number of ketones is 1. The summed E-state index contributed by atoms with van der Waals surface area (Å²) in [5.74, 6) is 0.184. The van der Waals surface area contributed by atoms with Crippen molar-refractivity contribution in [3.05, 3.63) is 39.9 Å². The highest BCUT2D eigenvalue weighted by Gasteiger charge is 2.20. The van der Waals surface area contributed by atoms with E-state index in [9.17, 15) is 9.59 Å². The molecule has 2 aromatic rings. The number of anilines is 1. The van der Waals surface area contributed by atoms with E-state index in [1.807, 2.05) is 0 Å². The Bertz CT molecular complexity index is 739. The Morgan fingerprint density at radius 3 is 2.52 bits per heavy atom. The molecular weight excluding hydrogens is 358 g/mol.